The number of carbonyl (C=O) groups is 3. The number of hydrogen-bond donors (Lipinski definition) is 2. The topological polar surface area (TPSA) is 140 Å². The lowest BCUT2D eigenvalue weighted by Crippen LogP contribution is -2.23. The van der Waals surface area contributed by atoms with E-state index in [9.17, 15) is 14.4 Å². The van der Waals surface area contributed by atoms with Crippen LogP contribution in [0.3, 0.4) is 0 Å². The minimum Gasteiger partial charge on any atom is -0.462 e. The molecule has 23 heavy (non-hydrogen) atoms. The van der Waals surface area contributed by atoms with Gasteiger partial charge in [0.15, 0.2) is 5.69 Å². The third kappa shape index (κ3) is 4.70. The Morgan fingerprint density at radius 1 is 1.04 bits per heavy atom. The average Bonchev–Trinajstić information content (AvgIpc) is 2.85. The zero-order valence-electron chi connectivity index (χ0n) is 13.3. The Bertz CT molecular complexity index is 582. The molecular weight excluding hydrogens is 304 g/mol. The van der Waals surface area contributed by atoms with Crippen LogP contribution >= 0.6 is 0 Å². The summed E-state index contributed by atoms with van der Waals surface area (Å²) < 4.78 is 10.6. The molecular formula is C14H22N4O5. The van der Waals surface area contributed by atoms with E-state index in [0.29, 0.717) is 17.5 Å². The average molecular weight is 326 g/mol. The Kier molecular flexibility index (Phi) is 7.04. The van der Waals surface area contributed by atoms with Gasteiger partial charge >= 0.3 is 18.0 Å². The van der Waals surface area contributed by atoms with Crippen LogP contribution in [0.5, 0.6) is 0 Å². The van der Waals surface area contributed by atoms with Gasteiger partial charge in [0.2, 0.25) is 0 Å². The van der Waals surface area contributed by atoms with E-state index < -0.39 is 18.0 Å². The number of carbonyl (C=O) groups excluding carboxylic acids is 3. The van der Waals surface area contributed by atoms with Crippen LogP contribution in [-0.2, 0) is 9.47 Å². The second-order valence-electron chi connectivity index (χ2n) is 4.84. The van der Waals surface area contributed by atoms with Crippen molar-refractivity contribution in [3.8, 4) is 0 Å². The number of amides is 1. The van der Waals surface area contributed by atoms with E-state index in [-0.39, 0.29) is 30.3 Å². The van der Waals surface area contributed by atoms with Crippen molar-refractivity contribution in [2.45, 2.75) is 39.5 Å². The highest BCUT2D eigenvalue weighted by molar-refractivity contribution is 6.06. The molecule has 0 saturated carbocycles. The van der Waals surface area contributed by atoms with Crippen molar-refractivity contribution in [3.05, 3.63) is 11.3 Å². The Labute approximate surface area is 133 Å². The predicted molar refractivity (Wildman–Crippen MR) is 82.0 cm³/mol. The van der Waals surface area contributed by atoms with Gasteiger partial charge in [-0.1, -0.05) is 26.7 Å². The van der Waals surface area contributed by atoms with Crippen LogP contribution in [0.25, 0.3) is 0 Å². The summed E-state index contributed by atoms with van der Waals surface area (Å²) in [5.41, 5.74) is 10.1. The fourth-order valence-electron chi connectivity index (χ4n) is 1.70. The first-order valence-electron chi connectivity index (χ1n) is 7.46. The van der Waals surface area contributed by atoms with Crippen molar-refractivity contribution in [2.24, 2.45) is 5.73 Å². The number of nitrogens with two attached hydrogens (primary N) is 2. The van der Waals surface area contributed by atoms with E-state index in [1.807, 2.05) is 13.8 Å². The molecule has 0 aliphatic heterocycles. The van der Waals surface area contributed by atoms with Crippen LogP contribution in [-0.4, -0.2) is 41.0 Å². The number of hydrogen-bond acceptors (Lipinski definition) is 7. The molecule has 0 aromatic carbocycles. The van der Waals surface area contributed by atoms with Gasteiger partial charge < -0.3 is 20.9 Å². The first kappa shape index (κ1) is 18.5. The molecule has 0 radical (unpaired) electrons. The van der Waals surface area contributed by atoms with Gasteiger partial charge in [-0.2, -0.15) is 9.78 Å². The molecule has 0 saturated heterocycles. The number of ether oxygens (including phenoxy) is 2. The van der Waals surface area contributed by atoms with Crippen LogP contribution in [0.4, 0.5) is 10.6 Å². The molecule has 1 heterocycles. The number of esters is 2. The van der Waals surface area contributed by atoms with Gasteiger partial charge in [-0.25, -0.2) is 14.4 Å². The summed E-state index contributed by atoms with van der Waals surface area (Å²) in [6, 6.07) is -1.02. The molecule has 0 atom stereocenters. The number of nitrogens with zero attached hydrogens (tertiary/aromatic N) is 2. The standard InChI is InChI=1S/C14H22N4O5/c1-3-5-7-22-12(19)9-10(13(20)23-8-6-4-2)17-18(11(9)15)14(16)21/h3-8,15H2,1-2H3,(H2,16,21). The molecule has 0 aliphatic rings. The Morgan fingerprint density at radius 3 is 2.04 bits per heavy atom. The summed E-state index contributed by atoms with van der Waals surface area (Å²) in [5.74, 6) is -2.04. The molecule has 0 aliphatic carbocycles. The highest BCUT2D eigenvalue weighted by Crippen LogP contribution is 2.19. The minimum absolute atomic E-state index is 0.168. The van der Waals surface area contributed by atoms with E-state index in [4.69, 9.17) is 20.9 Å². The maximum absolute atomic E-state index is 12.1. The van der Waals surface area contributed by atoms with Crippen molar-refractivity contribution in [2.75, 3.05) is 18.9 Å². The molecule has 0 unspecified atom stereocenters. The number of anilines is 1. The molecule has 1 aromatic rings. The highest BCUT2D eigenvalue weighted by Gasteiger charge is 2.30. The SMILES string of the molecule is CCCCOC(=O)c1nn(C(N)=O)c(N)c1C(=O)OCCCC. The van der Waals surface area contributed by atoms with Gasteiger partial charge in [0.1, 0.15) is 11.4 Å². The fraction of sp³-hybridized carbons (Fsp3) is 0.571. The lowest BCUT2D eigenvalue weighted by Gasteiger charge is -2.05. The van der Waals surface area contributed by atoms with Gasteiger partial charge in [-0.15, -0.1) is 0 Å². The van der Waals surface area contributed by atoms with Crippen LogP contribution in [0, 0.1) is 0 Å². The molecule has 0 bridgehead atoms. The Hall–Kier alpha value is -2.58. The Balaban J connectivity index is 3.07. The predicted octanol–water partition coefficient (Wildman–Crippen LogP) is 1.31. The maximum Gasteiger partial charge on any atom is 0.359 e. The summed E-state index contributed by atoms with van der Waals surface area (Å²) in [5, 5.41) is 3.68. The summed E-state index contributed by atoms with van der Waals surface area (Å²) in [7, 11) is 0. The lowest BCUT2D eigenvalue weighted by atomic mass is 10.2. The van der Waals surface area contributed by atoms with Gasteiger partial charge in [0.25, 0.3) is 0 Å². The highest BCUT2D eigenvalue weighted by atomic mass is 16.5. The molecule has 4 N–H and O–H groups in total. The van der Waals surface area contributed by atoms with Crippen LogP contribution < -0.4 is 11.5 Å². The number of unbranched alkanes of at least 4 members (excludes halogenated alkanes) is 2. The molecule has 1 rings (SSSR count). The molecule has 9 nitrogen and oxygen atoms in total. The van der Waals surface area contributed by atoms with E-state index in [2.05, 4.69) is 5.10 Å². The Morgan fingerprint density at radius 2 is 1.57 bits per heavy atom. The van der Waals surface area contributed by atoms with E-state index in [1.54, 1.807) is 0 Å². The summed E-state index contributed by atoms with van der Waals surface area (Å²) in [6.07, 6.45) is 2.98. The van der Waals surface area contributed by atoms with Gasteiger partial charge in [0, 0.05) is 0 Å². The van der Waals surface area contributed by atoms with Crippen molar-refractivity contribution >= 4 is 23.8 Å². The monoisotopic (exact) mass is 326 g/mol. The second kappa shape index (κ2) is 8.76. The van der Waals surface area contributed by atoms with Crippen LogP contribution in [0.1, 0.15) is 60.4 Å². The van der Waals surface area contributed by atoms with Crippen molar-refractivity contribution in [3.63, 3.8) is 0 Å². The smallest absolute Gasteiger partial charge is 0.359 e. The lowest BCUT2D eigenvalue weighted by molar-refractivity contribution is 0.0449. The first-order valence-corrected chi connectivity index (χ1v) is 7.46. The van der Waals surface area contributed by atoms with Crippen molar-refractivity contribution in [1.82, 2.24) is 9.78 Å². The molecule has 1 aromatic heterocycles. The quantitative estimate of drug-likeness (QED) is 0.542. The van der Waals surface area contributed by atoms with E-state index in [0.717, 1.165) is 12.8 Å². The third-order valence-corrected chi connectivity index (χ3v) is 2.99. The molecule has 0 fully saturated rings. The molecule has 128 valence electrons. The largest absolute Gasteiger partial charge is 0.462 e. The summed E-state index contributed by atoms with van der Waals surface area (Å²) in [4.78, 5) is 35.5. The third-order valence-electron chi connectivity index (χ3n) is 2.99. The number of nitrogen functional groups attached to an aromatic ring is 1. The summed E-state index contributed by atoms with van der Waals surface area (Å²) >= 11 is 0. The maximum atomic E-state index is 12.1. The van der Waals surface area contributed by atoms with Gasteiger partial charge in [-0.3, -0.25) is 0 Å². The minimum atomic E-state index is -1.02. The second-order valence-corrected chi connectivity index (χ2v) is 4.84. The molecule has 9 heteroatoms. The van der Waals surface area contributed by atoms with Crippen LogP contribution in [0.2, 0.25) is 0 Å². The number of aromatic nitrogens is 2. The summed E-state index contributed by atoms with van der Waals surface area (Å²) in [6.45, 7) is 4.21. The number of primary amides is 1. The van der Waals surface area contributed by atoms with Crippen LogP contribution in [0.15, 0.2) is 0 Å². The molecule has 1 amide bonds. The van der Waals surface area contributed by atoms with Gasteiger partial charge in [0.05, 0.1) is 13.2 Å². The van der Waals surface area contributed by atoms with Gasteiger partial charge in [-0.05, 0) is 12.8 Å². The van der Waals surface area contributed by atoms with Crippen molar-refractivity contribution in [1.29, 1.82) is 0 Å². The van der Waals surface area contributed by atoms with Crippen molar-refractivity contribution < 1.29 is 23.9 Å². The number of rotatable bonds is 8. The van der Waals surface area contributed by atoms with E-state index in [1.165, 1.54) is 0 Å². The fourth-order valence-corrected chi connectivity index (χ4v) is 1.70. The first-order chi connectivity index (χ1) is 10.9. The molecule has 0 spiro atoms. The van der Waals surface area contributed by atoms with E-state index >= 15 is 0 Å². The zero-order valence-corrected chi connectivity index (χ0v) is 13.3. The zero-order chi connectivity index (χ0) is 17.4. The normalized spacial score (nSPS) is 10.3.